The second-order valence-corrected chi connectivity index (χ2v) is 10.6. The lowest BCUT2D eigenvalue weighted by Gasteiger charge is -2.16. The van der Waals surface area contributed by atoms with Crippen LogP contribution in [-0.4, -0.2) is 21.5 Å². The molecule has 8 heteroatoms. The van der Waals surface area contributed by atoms with Crippen LogP contribution in [0.4, 0.5) is 10.5 Å². The van der Waals surface area contributed by atoms with E-state index < -0.39 is 23.6 Å². The Morgan fingerprint density at radius 2 is 1.59 bits per heavy atom. The number of carbonyl (C=O) groups excluding carboxylic acids is 1. The topological polar surface area (TPSA) is 88.5 Å². The monoisotopic (exact) mass is 532 g/mol. The van der Waals surface area contributed by atoms with E-state index >= 15 is 0 Å². The number of amides is 1. The van der Waals surface area contributed by atoms with Crippen molar-refractivity contribution in [2.45, 2.75) is 38.2 Å². The number of nitrogens with zero attached hydrogens (tertiary/aromatic N) is 1. The zero-order valence-electron chi connectivity index (χ0n) is 20.3. The van der Waals surface area contributed by atoms with Crippen LogP contribution in [0.1, 0.15) is 41.9 Å². The zero-order valence-corrected chi connectivity index (χ0v) is 21.9. The van der Waals surface area contributed by atoms with Gasteiger partial charge in [0.1, 0.15) is 11.8 Å². The van der Waals surface area contributed by atoms with E-state index in [2.05, 4.69) is 9.69 Å². The second kappa shape index (κ2) is 10.00. The van der Waals surface area contributed by atoms with Gasteiger partial charge in [-0.1, -0.05) is 78.3 Å². The molecule has 1 aromatic heterocycles. The van der Waals surface area contributed by atoms with Crippen molar-refractivity contribution in [2.24, 2.45) is 0 Å². The standard InChI is InChI=1S/C29H25ClN2O4S/c1-17(23-5-3-4-6-24(23)30)36-28(35)31-25-18(2)37-32-26(25)21-9-7-19(8-10-21)20-11-13-22(14-12-20)29(15-16-29)27(33)34/h3-14,17H,15-16H2,1-2H3,(H,31,35)(H,33,34). The summed E-state index contributed by atoms with van der Waals surface area (Å²) < 4.78 is 10.1. The lowest BCUT2D eigenvalue weighted by molar-refractivity contribution is -0.140. The number of ether oxygens (including phenoxy) is 1. The molecule has 0 spiro atoms. The average Bonchev–Trinajstić information content (AvgIpc) is 3.64. The van der Waals surface area contributed by atoms with Crippen LogP contribution in [0.25, 0.3) is 22.4 Å². The Bertz CT molecular complexity index is 1460. The first kappa shape index (κ1) is 25.0. The van der Waals surface area contributed by atoms with Gasteiger partial charge in [-0.15, -0.1) is 0 Å². The Balaban J connectivity index is 1.30. The van der Waals surface area contributed by atoms with Gasteiger partial charge in [-0.2, -0.15) is 4.37 Å². The summed E-state index contributed by atoms with van der Waals surface area (Å²) in [6.45, 7) is 3.67. The van der Waals surface area contributed by atoms with Crippen LogP contribution in [0.2, 0.25) is 5.02 Å². The highest BCUT2D eigenvalue weighted by atomic mass is 35.5. The Kier molecular flexibility index (Phi) is 6.75. The van der Waals surface area contributed by atoms with Crippen molar-refractivity contribution in [3.63, 3.8) is 0 Å². The molecule has 188 valence electrons. The number of carbonyl (C=O) groups is 2. The van der Waals surface area contributed by atoms with E-state index in [1.165, 1.54) is 11.5 Å². The molecule has 1 unspecified atom stereocenters. The highest BCUT2D eigenvalue weighted by molar-refractivity contribution is 7.06. The van der Waals surface area contributed by atoms with E-state index in [4.69, 9.17) is 16.3 Å². The quantitative estimate of drug-likeness (QED) is 0.253. The number of aromatic nitrogens is 1. The summed E-state index contributed by atoms with van der Waals surface area (Å²) in [5, 5.41) is 12.9. The summed E-state index contributed by atoms with van der Waals surface area (Å²) in [6.07, 6.45) is 0.280. The molecule has 1 fully saturated rings. The summed E-state index contributed by atoms with van der Waals surface area (Å²) in [4.78, 5) is 25.1. The SMILES string of the molecule is Cc1snc(-c2ccc(-c3ccc(C4(C(=O)O)CC4)cc3)cc2)c1NC(=O)OC(C)c1ccccc1Cl. The van der Waals surface area contributed by atoms with Gasteiger partial charge in [0.05, 0.1) is 11.1 Å². The summed E-state index contributed by atoms with van der Waals surface area (Å²) in [6, 6.07) is 22.9. The number of anilines is 1. The van der Waals surface area contributed by atoms with Crippen LogP contribution in [0, 0.1) is 6.92 Å². The highest BCUT2D eigenvalue weighted by Crippen LogP contribution is 2.48. The number of benzene rings is 3. The van der Waals surface area contributed by atoms with Crippen molar-refractivity contribution in [3.8, 4) is 22.4 Å². The lowest BCUT2D eigenvalue weighted by Crippen LogP contribution is -2.19. The third kappa shape index (κ3) is 4.97. The Labute approximate surface area is 224 Å². The number of hydrogen-bond donors (Lipinski definition) is 2. The van der Waals surface area contributed by atoms with Crippen molar-refractivity contribution in [3.05, 3.63) is 93.8 Å². The van der Waals surface area contributed by atoms with E-state index in [1.54, 1.807) is 13.0 Å². The molecule has 0 bridgehead atoms. The molecule has 2 N–H and O–H groups in total. The average molecular weight is 533 g/mol. The van der Waals surface area contributed by atoms with Gasteiger partial charge >= 0.3 is 12.1 Å². The van der Waals surface area contributed by atoms with E-state index in [-0.39, 0.29) is 0 Å². The molecule has 1 atom stereocenters. The smallest absolute Gasteiger partial charge is 0.412 e. The van der Waals surface area contributed by atoms with Crippen LogP contribution in [0.3, 0.4) is 0 Å². The van der Waals surface area contributed by atoms with Crippen molar-refractivity contribution in [1.29, 1.82) is 0 Å². The van der Waals surface area contributed by atoms with Crippen LogP contribution < -0.4 is 5.32 Å². The fourth-order valence-corrected chi connectivity index (χ4v) is 5.38. The fourth-order valence-electron chi connectivity index (χ4n) is 4.43. The van der Waals surface area contributed by atoms with Crippen LogP contribution in [0.15, 0.2) is 72.8 Å². The molecule has 0 radical (unpaired) electrons. The van der Waals surface area contributed by atoms with E-state index in [1.807, 2.05) is 73.7 Å². The minimum Gasteiger partial charge on any atom is -0.481 e. The number of carboxylic acids is 1. The third-order valence-electron chi connectivity index (χ3n) is 6.81. The van der Waals surface area contributed by atoms with Crippen LogP contribution >= 0.6 is 23.1 Å². The van der Waals surface area contributed by atoms with Gasteiger partial charge in [-0.3, -0.25) is 10.1 Å². The molecule has 5 rings (SSSR count). The number of nitrogens with one attached hydrogen (secondary N) is 1. The molecular weight excluding hydrogens is 508 g/mol. The molecule has 1 heterocycles. The molecule has 0 aliphatic heterocycles. The number of halogens is 1. The number of aliphatic carboxylic acids is 1. The van der Waals surface area contributed by atoms with Crippen molar-refractivity contribution in [2.75, 3.05) is 5.32 Å². The number of rotatable bonds is 7. The molecule has 1 saturated carbocycles. The van der Waals surface area contributed by atoms with Crippen molar-refractivity contribution < 1.29 is 19.4 Å². The summed E-state index contributed by atoms with van der Waals surface area (Å²) >= 11 is 7.54. The van der Waals surface area contributed by atoms with Gasteiger partial charge in [0.15, 0.2) is 0 Å². The lowest BCUT2D eigenvalue weighted by atomic mass is 9.93. The number of carboxylic acid groups (broad SMARTS) is 1. The van der Waals surface area contributed by atoms with Crippen LogP contribution in [0.5, 0.6) is 0 Å². The molecule has 3 aromatic carbocycles. The first-order valence-electron chi connectivity index (χ1n) is 11.9. The van der Waals surface area contributed by atoms with Gasteiger partial charge < -0.3 is 9.84 Å². The van der Waals surface area contributed by atoms with Gasteiger partial charge in [0.25, 0.3) is 0 Å². The first-order chi connectivity index (χ1) is 17.8. The molecule has 37 heavy (non-hydrogen) atoms. The van der Waals surface area contributed by atoms with Gasteiger partial charge in [0.2, 0.25) is 0 Å². The molecule has 1 aliphatic carbocycles. The second-order valence-electron chi connectivity index (χ2n) is 9.20. The minimum absolute atomic E-state index is 0.514. The number of aryl methyl sites for hydroxylation is 1. The maximum atomic E-state index is 12.7. The van der Waals surface area contributed by atoms with E-state index in [9.17, 15) is 14.7 Å². The predicted octanol–water partition coefficient (Wildman–Crippen LogP) is 7.86. The number of hydrogen-bond acceptors (Lipinski definition) is 5. The maximum Gasteiger partial charge on any atom is 0.412 e. The molecule has 1 amide bonds. The molecule has 1 aliphatic rings. The van der Waals surface area contributed by atoms with Crippen molar-refractivity contribution in [1.82, 2.24) is 4.37 Å². The zero-order chi connectivity index (χ0) is 26.2. The van der Waals surface area contributed by atoms with E-state index in [0.717, 1.165) is 32.7 Å². The van der Waals surface area contributed by atoms with Crippen LogP contribution in [-0.2, 0) is 14.9 Å². The normalized spacial score (nSPS) is 14.6. The molecular formula is C29H25ClN2O4S. The summed E-state index contributed by atoms with van der Waals surface area (Å²) in [7, 11) is 0. The van der Waals surface area contributed by atoms with E-state index in [0.29, 0.717) is 29.2 Å². The minimum atomic E-state index is -0.755. The Hall–Kier alpha value is -3.68. The highest BCUT2D eigenvalue weighted by Gasteiger charge is 2.51. The molecule has 0 saturated heterocycles. The Morgan fingerprint density at radius 3 is 2.19 bits per heavy atom. The first-order valence-corrected chi connectivity index (χ1v) is 13.1. The largest absolute Gasteiger partial charge is 0.481 e. The van der Waals surface area contributed by atoms with Crippen molar-refractivity contribution >= 4 is 40.9 Å². The van der Waals surface area contributed by atoms with Gasteiger partial charge in [-0.25, -0.2) is 4.79 Å². The predicted molar refractivity (Wildman–Crippen MR) is 146 cm³/mol. The fraction of sp³-hybridized carbons (Fsp3) is 0.207. The molecule has 6 nitrogen and oxygen atoms in total. The Morgan fingerprint density at radius 1 is 1.00 bits per heavy atom. The summed E-state index contributed by atoms with van der Waals surface area (Å²) in [5.41, 5.74) is 5.03. The van der Waals surface area contributed by atoms with Gasteiger partial charge in [-0.05, 0) is 61.0 Å². The maximum absolute atomic E-state index is 12.7. The van der Waals surface area contributed by atoms with Gasteiger partial charge in [0, 0.05) is 21.0 Å². The third-order valence-corrected chi connectivity index (χ3v) is 7.90. The molecule has 4 aromatic rings. The summed E-state index contributed by atoms with van der Waals surface area (Å²) in [5.74, 6) is -0.755.